The molecule has 0 radical (unpaired) electrons. The first-order valence-corrected chi connectivity index (χ1v) is 37.6. The first-order chi connectivity index (χ1) is 52.5. The average molecular weight is 1440 g/mol. The van der Waals surface area contributed by atoms with Crippen LogP contribution in [-0.2, 0) is 70.5 Å². The molecule has 10 heteroatoms. The fourth-order valence-electron chi connectivity index (χ4n) is 15.0. The Morgan fingerprint density at radius 2 is 0.468 bits per heavy atom. The van der Waals surface area contributed by atoms with Gasteiger partial charge in [0.1, 0.15) is 70.5 Å². The van der Waals surface area contributed by atoms with Crippen molar-refractivity contribution in [3.63, 3.8) is 0 Å². The summed E-state index contributed by atoms with van der Waals surface area (Å²) in [5.41, 5.74) is 37.0. The number of aromatic nitrogens is 10. The highest BCUT2D eigenvalue weighted by Crippen LogP contribution is 2.35. The Morgan fingerprint density at radius 1 is 0.174 bits per heavy atom. The van der Waals surface area contributed by atoms with Gasteiger partial charge in [-0.15, -0.1) is 0 Å². The largest absolute Gasteiger partial charge is 0.215 e. The molecule has 109 heavy (non-hydrogen) atoms. The van der Waals surface area contributed by atoms with E-state index in [1.54, 1.807) is 0 Å². The summed E-state index contributed by atoms with van der Waals surface area (Å²) < 4.78 is 21.8. The Bertz CT molecular complexity index is 5690. The van der Waals surface area contributed by atoms with E-state index in [1.807, 2.05) is 0 Å². The van der Waals surface area contributed by atoms with Gasteiger partial charge in [0, 0.05) is 165 Å². The molecule has 0 bridgehead atoms. The summed E-state index contributed by atoms with van der Waals surface area (Å²) in [6, 6.07) is 87.9. The molecule has 15 rings (SSSR count). The smallest absolute Gasteiger partial charge is 0.201 e. The second-order valence-corrected chi connectivity index (χ2v) is 28.8. The second kappa shape index (κ2) is 35.3. The Hall–Kier alpha value is -12.4. The maximum absolute atomic E-state index is 2.25. The van der Waals surface area contributed by atoms with Crippen LogP contribution in [0, 0.1) is 62.3 Å². The topological polar surface area (TPSA) is 38.8 Å². The standard InChI is InChI=1S/4C20H22N2.C19H20N2/c1-15-11-12-17(18-9-5-7-13-21(18)3)16(2)20(15)19-10-6-8-14-22(19)4;1-15-9-8-14-22(4)20(15)18-11-7-10-17(16(18)2)19-12-5-6-13-21(19)3;1-15-11-12-20(22(4)14-15)18-9-7-8-17(16(18)2)19-10-5-6-13-21(19)3;1-15-11-13-22(4)20(14-15)18-9-7-8-17(16(18)2)19-10-5-6-12-21(19)3;1-15-16(18-11-4-6-13-20(18)2)9-8-10-17(15)19-12-5-7-14-21(19)3/h4*5-14H,1-4H3;4-14H,1-3H3/q5*+2. The first-order valence-electron chi connectivity index (χ1n) is 37.6. The highest BCUT2D eigenvalue weighted by Gasteiger charge is 2.25. The van der Waals surface area contributed by atoms with E-state index in [-0.39, 0.29) is 0 Å². The molecular weight excluding hydrogens is 1330 g/mol. The zero-order valence-electron chi connectivity index (χ0n) is 67.4. The molecule has 0 unspecified atom stereocenters. The molecule has 0 aliphatic rings. The molecule has 0 saturated carbocycles. The lowest BCUT2D eigenvalue weighted by molar-refractivity contribution is -0.661. The lowest BCUT2D eigenvalue weighted by atomic mass is 9.93. The lowest BCUT2D eigenvalue weighted by Crippen LogP contribution is -2.32. The number of rotatable bonds is 10. The minimum atomic E-state index is 1.23. The molecule has 0 saturated heterocycles. The van der Waals surface area contributed by atoms with Gasteiger partial charge in [-0.1, -0.05) is 30.3 Å². The zero-order chi connectivity index (χ0) is 77.6. The molecule has 10 nitrogen and oxygen atoms in total. The predicted octanol–water partition coefficient (Wildman–Crippen LogP) is 16.1. The third kappa shape index (κ3) is 17.7. The van der Waals surface area contributed by atoms with Crippen LogP contribution in [0.2, 0.25) is 0 Å². The van der Waals surface area contributed by atoms with Crippen LogP contribution in [0.3, 0.4) is 0 Å². The SMILES string of the molecule is Cc1c(-c2cccc[n+]2C)cccc1-c1cccc[n+]1C.Cc1cc[n+](C)c(-c2cccc(-c3cccc[n+]3C)c2C)c1.Cc1ccc(-c2cccc(-c3cccc[n+]3C)c2C)[n+](C)c1.Cc1ccc(-c2cccc[n+]2C)c(C)c1-c1cccc[n+]1C.Cc1ccc[n+](C)c1-c1cccc(-c2cccc[n+]2C)c1C. The maximum Gasteiger partial charge on any atom is 0.215 e. The number of pyridine rings is 10. The number of hydrogen-bond acceptors (Lipinski definition) is 0. The summed E-state index contributed by atoms with van der Waals surface area (Å²) in [6.45, 7) is 19.7. The van der Waals surface area contributed by atoms with Gasteiger partial charge in [0.15, 0.2) is 62.0 Å². The van der Waals surface area contributed by atoms with Crippen LogP contribution < -0.4 is 45.7 Å². The van der Waals surface area contributed by atoms with Gasteiger partial charge in [-0.2, -0.15) is 0 Å². The predicted molar refractivity (Wildman–Crippen MR) is 441 cm³/mol. The van der Waals surface area contributed by atoms with Gasteiger partial charge in [-0.25, -0.2) is 45.7 Å². The summed E-state index contributed by atoms with van der Waals surface area (Å²) in [7, 11) is 21.0. The Morgan fingerprint density at radius 3 is 0.807 bits per heavy atom. The van der Waals surface area contributed by atoms with Crippen molar-refractivity contribution in [2.24, 2.45) is 70.5 Å². The van der Waals surface area contributed by atoms with Gasteiger partial charge in [-0.3, -0.25) is 0 Å². The van der Waals surface area contributed by atoms with E-state index in [2.05, 4.69) is 489 Å². The molecule has 0 aliphatic carbocycles. The minimum Gasteiger partial charge on any atom is -0.201 e. The van der Waals surface area contributed by atoms with Crippen LogP contribution in [0.1, 0.15) is 50.1 Å². The van der Waals surface area contributed by atoms with Crippen molar-refractivity contribution in [3.8, 4) is 113 Å². The molecule has 10 heterocycles. The molecule has 0 spiro atoms. The van der Waals surface area contributed by atoms with Crippen LogP contribution in [0.15, 0.2) is 311 Å². The summed E-state index contributed by atoms with van der Waals surface area (Å²) in [5, 5.41) is 0. The normalized spacial score (nSPS) is 10.7. The van der Waals surface area contributed by atoms with E-state index in [0.29, 0.717) is 0 Å². The van der Waals surface area contributed by atoms with Gasteiger partial charge in [0.25, 0.3) is 0 Å². The molecule has 5 aromatic carbocycles. The third-order valence-corrected chi connectivity index (χ3v) is 21.1. The number of hydrogen-bond donors (Lipinski definition) is 0. The quantitative estimate of drug-likeness (QED) is 0.122. The van der Waals surface area contributed by atoms with E-state index in [0.717, 1.165) is 0 Å². The summed E-state index contributed by atoms with van der Waals surface area (Å²) in [5.74, 6) is 0. The minimum absolute atomic E-state index is 1.23. The summed E-state index contributed by atoms with van der Waals surface area (Å²) >= 11 is 0. The van der Waals surface area contributed by atoms with Gasteiger partial charge < -0.3 is 0 Å². The van der Waals surface area contributed by atoms with E-state index >= 15 is 0 Å². The van der Waals surface area contributed by atoms with Crippen molar-refractivity contribution in [2.45, 2.75) is 62.3 Å². The second-order valence-electron chi connectivity index (χ2n) is 28.8. The highest BCUT2D eigenvalue weighted by atomic mass is 15.0. The Kier molecular flexibility index (Phi) is 25.2. The van der Waals surface area contributed by atoms with Gasteiger partial charge >= 0.3 is 0 Å². The molecule has 0 fully saturated rings. The van der Waals surface area contributed by atoms with Crippen LogP contribution in [-0.4, -0.2) is 0 Å². The van der Waals surface area contributed by atoms with Crippen molar-refractivity contribution in [1.29, 1.82) is 0 Å². The summed E-state index contributed by atoms with van der Waals surface area (Å²) in [4.78, 5) is 0. The van der Waals surface area contributed by atoms with Crippen molar-refractivity contribution in [2.75, 3.05) is 0 Å². The van der Waals surface area contributed by atoms with Crippen molar-refractivity contribution >= 4 is 0 Å². The van der Waals surface area contributed by atoms with Gasteiger partial charge in [0.2, 0.25) is 56.9 Å². The van der Waals surface area contributed by atoms with Crippen LogP contribution in [0.4, 0.5) is 0 Å². The Labute approximate surface area is 647 Å². The maximum atomic E-state index is 2.25. The molecule has 10 aromatic heterocycles. The molecule has 0 N–H and O–H groups in total. The molecule has 544 valence electrons. The lowest BCUT2D eigenvalue weighted by Gasteiger charge is -2.12. The fraction of sp³-hybridized carbons (Fsp3) is 0.192. The molecule has 0 amide bonds. The highest BCUT2D eigenvalue weighted by molar-refractivity contribution is 5.78. The van der Waals surface area contributed by atoms with Crippen molar-refractivity contribution < 1.29 is 45.7 Å². The van der Waals surface area contributed by atoms with Crippen LogP contribution in [0.25, 0.3) is 113 Å². The molecule has 15 aromatic rings. The average Bonchev–Trinajstić information content (AvgIpc) is 0.801. The zero-order valence-corrected chi connectivity index (χ0v) is 67.4. The van der Waals surface area contributed by atoms with Crippen LogP contribution in [0.5, 0.6) is 0 Å². The van der Waals surface area contributed by atoms with Crippen LogP contribution >= 0.6 is 0 Å². The van der Waals surface area contributed by atoms with E-state index in [4.69, 9.17) is 0 Å². The van der Waals surface area contributed by atoms with E-state index < -0.39 is 0 Å². The van der Waals surface area contributed by atoms with Gasteiger partial charge in [-0.05, 0) is 210 Å². The van der Waals surface area contributed by atoms with Gasteiger partial charge in [0.05, 0.1) is 11.1 Å². The van der Waals surface area contributed by atoms with Crippen molar-refractivity contribution in [1.82, 2.24) is 0 Å². The molecular formula is C99H108N10+10. The number of aryl methyl sites for hydroxylation is 14. The molecule has 0 aliphatic heterocycles. The number of benzene rings is 5. The van der Waals surface area contributed by atoms with E-state index in [1.165, 1.54) is 163 Å². The first kappa shape index (κ1) is 77.7. The van der Waals surface area contributed by atoms with Crippen molar-refractivity contribution in [3.05, 3.63) is 361 Å². The Balaban J connectivity index is 0.000000135. The molecule has 0 atom stereocenters. The third-order valence-electron chi connectivity index (χ3n) is 21.1. The monoisotopic (exact) mass is 1440 g/mol. The summed E-state index contributed by atoms with van der Waals surface area (Å²) in [6.07, 6.45) is 21.0. The fourth-order valence-corrected chi connectivity index (χ4v) is 15.0. The van der Waals surface area contributed by atoms with E-state index in [9.17, 15) is 0 Å². The number of nitrogens with zero attached hydrogens (tertiary/aromatic N) is 10.